The Balaban J connectivity index is 2.42. The molecule has 0 unspecified atom stereocenters. The Bertz CT molecular complexity index is 360. The number of carbonyl (C=O) groups is 1. The van der Waals surface area contributed by atoms with Crippen LogP contribution < -0.4 is 0 Å². The van der Waals surface area contributed by atoms with Crippen LogP contribution in [0.15, 0.2) is 22.8 Å². The predicted molar refractivity (Wildman–Crippen MR) is 52.6 cm³/mol. The highest BCUT2D eigenvalue weighted by Crippen LogP contribution is 2.47. The summed E-state index contributed by atoms with van der Waals surface area (Å²) in [6.07, 6.45) is 1.56. The molecule has 1 aliphatic heterocycles. The summed E-state index contributed by atoms with van der Waals surface area (Å²) in [4.78, 5) is 11.3. The molecule has 0 spiro atoms. The van der Waals surface area contributed by atoms with Gasteiger partial charge in [0.05, 0.1) is 30.3 Å². The van der Waals surface area contributed by atoms with E-state index in [2.05, 4.69) is 0 Å². The van der Waals surface area contributed by atoms with Crippen LogP contribution in [0.3, 0.4) is 0 Å². The summed E-state index contributed by atoms with van der Waals surface area (Å²) in [6.45, 7) is 4.22. The lowest BCUT2D eigenvalue weighted by Crippen LogP contribution is -2.59. The van der Waals surface area contributed by atoms with E-state index in [9.17, 15) is 9.90 Å². The maximum atomic E-state index is 11.3. The Morgan fingerprint density at radius 1 is 1.53 bits per heavy atom. The number of furan rings is 1. The van der Waals surface area contributed by atoms with Crippen LogP contribution in [0.5, 0.6) is 0 Å². The summed E-state index contributed by atoms with van der Waals surface area (Å²) in [7, 11) is 0. The maximum absolute atomic E-state index is 11.3. The van der Waals surface area contributed by atoms with Crippen molar-refractivity contribution in [3.63, 3.8) is 0 Å². The van der Waals surface area contributed by atoms with Crippen molar-refractivity contribution in [3.8, 4) is 0 Å². The second kappa shape index (κ2) is 3.10. The molecule has 2 rings (SSSR count). The maximum Gasteiger partial charge on any atom is 0.310 e. The molecule has 0 saturated carbocycles. The highest BCUT2D eigenvalue weighted by Gasteiger charge is 2.58. The molecule has 1 aromatic heterocycles. The molecule has 0 amide bonds. The molecule has 1 aliphatic rings. The Hall–Kier alpha value is -1.29. The first-order valence-electron chi connectivity index (χ1n) is 4.86. The zero-order valence-electron chi connectivity index (χ0n) is 8.82. The molecule has 2 heterocycles. The predicted octanol–water partition coefficient (Wildman–Crippen LogP) is 1.66. The van der Waals surface area contributed by atoms with Crippen molar-refractivity contribution in [1.82, 2.24) is 0 Å². The normalized spacial score (nSPS) is 19.6. The Morgan fingerprint density at radius 3 is 2.53 bits per heavy atom. The summed E-state index contributed by atoms with van der Waals surface area (Å²) >= 11 is 0. The average Bonchev–Trinajstić information content (AvgIpc) is 2.54. The minimum absolute atomic E-state index is 0.403. The number of ether oxygens (including phenoxy) is 1. The van der Waals surface area contributed by atoms with Crippen LogP contribution >= 0.6 is 0 Å². The average molecular weight is 210 g/mol. The number of carboxylic acids is 1. The first-order valence-corrected chi connectivity index (χ1v) is 4.86. The molecule has 1 aromatic rings. The molecule has 0 aromatic carbocycles. The molecule has 0 bridgehead atoms. The lowest BCUT2D eigenvalue weighted by molar-refractivity contribution is -0.174. The van der Waals surface area contributed by atoms with Gasteiger partial charge in [0.1, 0.15) is 5.76 Å². The Morgan fingerprint density at radius 2 is 2.20 bits per heavy atom. The molecule has 82 valence electrons. The van der Waals surface area contributed by atoms with Crippen LogP contribution in [0, 0.1) is 5.41 Å². The number of rotatable bonds is 3. The standard InChI is InChI=1S/C11H14O4/c1-10(2,9(12)13)11(6-14-7-11)8-4-3-5-15-8/h3-5H,6-7H2,1-2H3,(H,12,13). The fourth-order valence-corrected chi connectivity index (χ4v) is 1.87. The molecule has 1 N–H and O–H groups in total. The number of carboxylic acid groups (broad SMARTS) is 1. The smallest absolute Gasteiger partial charge is 0.310 e. The largest absolute Gasteiger partial charge is 0.481 e. The fraction of sp³-hybridized carbons (Fsp3) is 0.545. The number of aliphatic carboxylic acids is 1. The van der Waals surface area contributed by atoms with Gasteiger partial charge in [0.15, 0.2) is 0 Å². The van der Waals surface area contributed by atoms with Gasteiger partial charge in [0.2, 0.25) is 0 Å². The van der Waals surface area contributed by atoms with Gasteiger partial charge in [-0.1, -0.05) is 0 Å². The third kappa shape index (κ3) is 1.21. The lowest BCUT2D eigenvalue weighted by atomic mass is 9.62. The van der Waals surface area contributed by atoms with Crippen molar-refractivity contribution in [2.75, 3.05) is 13.2 Å². The second-order valence-electron chi connectivity index (χ2n) is 4.48. The fourth-order valence-electron chi connectivity index (χ4n) is 1.87. The summed E-state index contributed by atoms with van der Waals surface area (Å²) < 4.78 is 10.5. The molecule has 1 fully saturated rings. The third-order valence-electron chi connectivity index (χ3n) is 3.42. The molecule has 0 atom stereocenters. The van der Waals surface area contributed by atoms with Crippen molar-refractivity contribution in [1.29, 1.82) is 0 Å². The van der Waals surface area contributed by atoms with Crippen molar-refractivity contribution in [3.05, 3.63) is 24.2 Å². The molecule has 4 heteroatoms. The Labute approximate surface area is 87.8 Å². The van der Waals surface area contributed by atoms with Crippen LogP contribution in [0.2, 0.25) is 0 Å². The van der Waals surface area contributed by atoms with Gasteiger partial charge < -0.3 is 14.3 Å². The summed E-state index contributed by atoms with van der Waals surface area (Å²) in [6, 6.07) is 3.58. The van der Waals surface area contributed by atoms with Gasteiger partial charge in [-0.25, -0.2) is 0 Å². The van der Waals surface area contributed by atoms with Crippen molar-refractivity contribution >= 4 is 5.97 Å². The van der Waals surface area contributed by atoms with Crippen molar-refractivity contribution in [2.24, 2.45) is 5.41 Å². The van der Waals surface area contributed by atoms with Gasteiger partial charge in [-0.3, -0.25) is 4.79 Å². The van der Waals surface area contributed by atoms with Gasteiger partial charge >= 0.3 is 5.97 Å². The minimum Gasteiger partial charge on any atom is -0.481 e. The molecular weight excluding hydrogens is 196 g/mol. The number of hydrogen-bond donors (Lipinski definition) is 1. The van der Waals surface area contributed by atoms with E-state index >= 15 is 0 Å². The van der Waals surface area contributed by atoms with E-state index in [1.165, 1.54) is 0 Å². The summed E-state index contributed by atoms with van der Waals surface area (Å²) in [5, 5.41) is 9.24. The van der Waals surface area contributed by atoms with E-state index in [0.29, 0.717) is 19.0 Å². The summed E-state index contributed by atoms with van der Waals surface area (Å²) in [5.74, 6) is -0.136. The molecule has 0 aliphatic carbocycles. The minimum atomic E-state index is -0.886. The van der Waals surface area contributed by atoms with Crippen LogP contribution in [0.25, 0.3) is 0 Å². The SMILES string of the molecule is CC(C)(C(=O)O)C1(c2ccco2)COC1. The first-order chi connectivity index (χ1) is 7.01. The van der Waals surface area contributed by atoms with Gasteiger partial charge in [-0.2, -0.15) is 0 Å². The van der Waals surface area contributed by atoms with Gasteiger partial charge in [0.25, 0.3) is 0 Å². The highest BCUT2D eigenvalue weighted by molar-refractivity contribution is 5.76. The van der Waals surface area contributed by atoms with E-state index in [0.717, 1.165) is 0 Å². The summed E-state index contributed by atoms with van der Waals surface area (Å²) in [5.41, 5.74) is -1.41. The molecule has 15 heavy (non-hydrogen) atoms. The van der Waals surface area contributed by atoms with Crippen LogP contribution in [0.4, 0.5) is 0 Å². The van der Waals surface area contributed by atoms with Gasteiger partial charge in [0, 0.05) is 0 Å². The Kier molecular flexibility index (Phi) is 2.12. The highest BCUT2D eigenvalue weighted by atomic mass is 16.5. The van der Waals surface area contributed by atoms with Gasteiger partial charge in [-0.05, 0) is 26.0 Å². The third-order valence-corrected chi connectivity index (χ3v) is 3.42. The van der Waals surface area contributed by atoms with E-state index < -0.39 is 16.8 Å². The van der Waals surface area contributed by atoms with E-state index in [-0.39, 0.29) is 0 Å². The van der Waals surface area contributed by atoms with Crippen LogP contribution in [-0.4, -0.2) is 24.3 Å². The lowest BCUT2D eigenvalue weighted by Gasteiger charge is -2.48. The van der Waals surface area contributed by atoms with Crippen LogP contribution in [-0.2, 0) is 14.9 Å². The second-order valence-corrected chi connectivity index (χ2v) is 4.48. The van der Waals surface area contributed by atoms with Crippen LogP contribution in [0.1, 0.15) is 19.6 Å². The zero-order chi connectivity index (χ0) is 11.1. The zero-order valence-corrected chi connectivity index (χ0v) is 8.82. The first kappa shape index (κ1) is 10.2. The molecule has 0 radical (unpaired) electrons. The van der Waals surface area contributed by atoms with Gasteiger partial charge in [-0.15, -0.1) is 0 Å². The molecule has 4 nitrogen and oxygen atoms in total. The monoisotopic (exact) mass is 210 g/mol. The van der Waals surface area contributed by atoms with E-state index in [1.54, 1.807) is 26.2 Å². The van der Waals surface area contributed by atoms with E-state index in [1.807, 2.05) is 6.07 Å². The van der Waals surface area contributed by atoms with Crippen molar-refractivity contribution < 1.29 is 19.1 Å². The number of hydrogen-bond acceptors (Lipinski definition) is 3. The van der Waals surface area contributed by atoms with E-state index in [4.69, 9.17) is 9.15 Å². The molecule has 1 saturated heterocycles. The molecular formula is C11H14O4. The topological polar surface area (TPSA) is 59.7 Å². The van der Waals surface area contributed by atoms with Crippen molar-refractivity contribution in [2.45, 2.75) is 19.3 Å². The quantitative estimate of drug-likeness (QED) is 0.824.